The number of halogens is 1. The number of carbonyl (C=O) groups excluding carboxylic acids is 1. The Labute approximate surface area is 145 Å². The van der Waals surface area contributed by atoms with Crippen molar-refractivity contribution in [1.29, 1.82) is 0 Å². The van der Waals surface area contributed by atoms with Gasteiger partial charge in [0, 0.05) is 25.1 Å². The molecule has 0 saturated carbocycles. The molecule has 1 aromatic heterocycles. The summed E-state index contributed by atoms with van der Waals surface area (Å²) >= 11 is 0. The van der Waals surface area contributed by atoms with E-state index in [4.69, 9.17) is 9.47 Å². The number of nitrogens with zero attached hydrogens (tertiary/aromatic N) is 3. The Morgan fingerprint density at radius 3 is 3.04 bits per heavy atom. The monoisotopic (exact) mass is 345 g/mol. The van der Waals surface area contributed by atoms with Crippen molar-refractivity contribution in [2.75, 3.05) is 26.4 Å². The molecule has 7 heteroatoms. The molecule has 1 aromatic carbocycles. The van der Waals surface area contributed by atoms with E-state index in [0.29, 0.717) is 26.2 Å². The summed E-state index contributed by atoms with van der Waals surface area (Å²) in [6.45, 7) is 1.28. The summed E-state index contributed by atoms with van der Waals surface area (Å²) in [4.78, 5) is 22.5. The molecule has 1 aliphatic heterocycles. The Hall–Kier alpha value is -2.54. The van der Waals surface area contributed by atoms with Crippen molar-refractivity contribution < 1.29 is 18.7 Å². The highest BCUT2D eigenvalue weighted by atomic mass is 19.1. The molecule has 1 atom stereocenters. The van der Waals surface area contributed by atoms with Gasteiger partial charge in [0.05, 0.1) is 24.9 Å². The van der Waals surface area contributed by atoms with Crippen LogP contribution in [0.15, 0.2) is 42.9 Å². The fourth-order valence-electron chi connectivity index (χ4n) is 2.78. The zero-order valence-electron chi connectivity index (χ0n) is 13.8. The third kappa shape index (κ3) is 4.73. The maximum absolute atomic E-state index is 13.6. The second-order valence-electron chi connectivity index (χ2n) is 5.77. The third-order valence-corrected chi connectivity index (χ3v) is 4.09. The zero-order valence-corrected chi connectivity index (χ0v) is 13.8. The molecule has 0 N–H and O–H groups in total. The van der Waals surface area contributed by atoms with Gasteiger partial charge in [-0.3, -0.25) is 14.8 Å². The van der Waals surface area contributed by atoms with Crippen molar-refractivity contribution in [2.45, 2.75) is 18.9 Å². The summed E-state index contributed by atoms with van der Waals surface area (Å²) in [5.41, 5.74) is 0.878. The predicted molar refractivity (Wildman–Crippen MR) is 88.6 cm³/mol. The first-order valence-electron chi connectivity index (χ1n) is 8.23. The molecule has 0 bridgehead atoms. The molecule has 1 saturated heterocycles. The van der Waals surface area contributed by atoms with Gasteiger partial charge in [-0.15, -0.1) is 0 Å². The van der Waals surface area contributed by atoms with Gasteiger partial charge in [0.1, 0.15) is 0 Å². The minimum atomic E-state index is -0.475. The van der Waals surface area contributed by atoms with Crippen LogP contribution in [-0.4, -0.2) is 53.2 Å². The molecule has 2 heterocycles. The number of aryl methyl sites for hydroxylation is 1. The van der Waals surface area contributed by atoms with Crippen molar-refractivity contribution >= 4 is 5.91 Å². The molecular weight excluding hydrogens is 325 g/mol. The lowest BCUT2D eigenvalue weighted by atomic mass is 10.1. The van der Waals surface area contributed by atoms with E-state index in [9.17, 15) is 9.18 Å². The first-order chi connectivity index (χ1) is 12.2. The molecule has 1 aliphatic rings. The molecular formula is C18H20FN3O3. The number of ether oxygens (including phenoxy) is 2. The molecule has 2 aromatic rings. The summed E-state index contributed by atoms with van der Waals surface area (Å²) in [5.74, 6) is -0.563. The van der Waals surface area contributed by atoms with Crippen LogP contribution in [0.5, 0.6) is 5.75 Å². The number of hydrogen-bond donors (Lipinski definition) is 0. The fourth-order valence-corrected chi connectivity index (χ4v) is 2.78. The molecule has 6 nitrogen and oxygen atoms in total. The predicted octanol–water partition coefficient (Wildman–Crippen LogP) is 1.85. The summed E-state index contributed by atoms with van der Waals surface area (Å²) in [7, 11) is 0. The highest BCUT2D eigenvalue weighted by Gasteiger charge is 2.27. The summed E-state index contributed by atoms with van der Waals surface area (Å²) in [5, 5.41) is 0. The summed E-state index contributed by atoms with van der Waals surface area (Å²) < 4.78 is 24.4. The van der Waals surface area contributed by atoms with Crippen LogP contribution >= 0.6 is 0 Å². The van der Waals surface area contributed by atoms with Crippen LogP contribution in [0.1, 0.15) is 12.1 Å². The quantitative estimate of drug-likeness (QED) is 0.799. The molecule has 3 rings (SSSR count). The van der Waals surface area contributed by atoms with Crippen LogP contribution in [0, 0.1) is 5.82 Å². The average Bonchev–Trinajstić information content (AvgIpc) is 2.66. The molecule has 25 heavy (non-hydrogen) atoms. The van der Waals surface area contributed by atoms with E-state index >= 15 is 0 Å². The Morgan fingerprint density at radius 2 is 2.24 bits per heavy atom. The number of benzene rings is 1. The smallest absolute Gasteiger partial charge is 0.260 e. The Balaban J connectivity index is 1.56. The molecule has 1 amide bonds. The summed E-state index contributed by atoms with van der Waals surface area (Å²) in [6, 6.07) is 6.01. The first kappa shape index (κ1) is 17.3. The Bertz CT molecular complexity index is 699. The summed E-state index contributed by atoms with van der Waals surface area (Å²) in [6.07, 6.45) is 6.43. The van der Waals surface area contributed by atoms with E-state index in [1.165, 1.54) is 12.1 Å². The van der Waals surface area contributed by atoms with Crippen molar-refractivity contribution in [2.24, 2.45) is 0 Å². The number of rotatable bonds is 6. The van der Waals surface area contributed by atoms with Gasteiger partial charge in [0.25, 0.3) is 5.91 Å². The van der Waals surface area contributed by atoms with E-state index < -0.39 is 5.82 Å². The lowest BCUT2D eigenvalue weighted by molar-refractivity contribution is -0.142. The number of carbonyl (C=O) groups is 1. The van der Waals surface area contributed by atoms with Gasteiger partial charge in [-0.2, -0.15) is 0 Å². The van der Waals surface area contributed by atoms with Gasteiger partial charge < -0.3 is 14.4 Å². The average molecular weight is 345 g/mol. The van der Waals surface area contributed by atoms with Gasteiger partial charge in [0.15, 0.2) is 18.2 Å². The van der Waals surface area contributed by atoms with Crippen molar-refractivity contribution in [3.63, 3.8) is 0 Å². The van der Waals surface area contributed by atoms with E-state index in [1.807, 2.05) is 0 Å². The largest absolute Gasteiger partial charge is 0.481 e. The van der Waals surface area contributed by atoms with Gasteiger partial charge >= 0.3 is 0 Å². The maximum atomic E-state index is 13.6. The van der Waals surface area contributed by atoms with Crippen LogP contribution in [0.25, 0.3) is 0 Å². The standard InChI is InChI=1S/C18H20FN3O3/c19-16-3-1-2-4-17(16)25-13-18(23)22-9-10-24-12-15(22)6-5-14-11-20-7-8-21-14/h1-4,7-8,11,15H,5-6,9-10,12-13H2/t15-/m1/s1. The number of amides is 1. The minimum Gasteiger partial charge on any atom is -0.481 e. The number of hydrogen-bond acceptors (Lipinski definition) is 5. The van der Waals surface area contributed by atoms with Crippen LogP contribution < -0.4 is 4.74 Å². The Kier molecular flexibility index (Phi) is 5.90. The lowest BCUT2D eigenvalue weighted by Gasteiger charge is -2.35. The van der Waals surface area contributed by atoms with Crippen LogP contribution in [-0.2, 0) is 16.0 Å². The number of para-hydroxylation sites is 1. The van der Waals surface area contributed by atoms with Crippen molar-refractivity contribution in [3.8, 4) is 5.75 Å². The number of aromatic nitrogens is 2. The highest BCUT2D eigenvalue weighted by Crippen LogP contribution is 2.17. The topological polar surface area (TPSA) is 64.5 Å². The van der Waals surface area contributed by atoms with E-state index in [0.717, 1.165) is 12.1 Å². The van der Waals surface area contributed by atoms with Crippen LogP contribution in [0.2, 0.25) is 0 Å². The first-order valence-corrected chi connectivity index (χ1v) is 8.23. The minimum absolute atomic E-state index is 0.0486. The normalized spacial score (nSPS) is 17.3. The van der Waals surface area contributed by atoms with Gasteiger partial charge in [-0.25, -0.2) is 4.39 Å². The van der Waals surface area contributed by atoms with Crippen molar-refractivity contribution in [3.05, 3.63) is 54.4 Å². The molecule has 0 aliphatic carbocycles. The second-order valence-corrected chi connectivity index (χ2v) is 5.77. The van der Waals surface area contributed by atoms with E-state index in [-0.39, 0.29) is 24.3 Å². The van der Waals surface area contributed by atoms with Gasteiger partial charge in [-0.1, -0.05) is 12.1 Å². The van der Waals surface area contributed by atoms with E-state index in [2.05, 4.69) is 9.97 Å². The molecule has 132 valence electrons. The van der Waals surface area contributed by atoms with Gasteiger partial charge in [-0.05, 0) is 25.0 Å². The Morgan fingerprint density at radius 1 is 1.36 bits per heavy atom. The van der Waals surface area contributed by atoms with Crippen molar-refractivity contribution in [1.82, 2.24) is 14.9 Å². The third-order valence-electron chi connectivity index (χ3n) is 4.09. The molecule has 0 unspecified atom stereocenters. The fraction of sp³-hybridized carbons (Fsp3) is 0.389. The zero-order chi connectivity index (χ0) is 17.5. The SMILES string of the molecule is O=C(COc1ccccc1F)N1CCOC[C@H]1CCc1cnccn1. The molecule has 0 radical (unpaired) electrons. The van der Waals surface area contributed by atoms with E-state index in [1.54, 1.807) is 35.6 Å². The van der Waals surface area contributed by atoms with Gasteiger partial charge in [0.2, 0.25) is 0 Å². The molecule has 0 spiro atoms. The maximum Gasteiger partial charge on any atom is 0.260 e. The lowest BCUT2D eigenvalue weighted by Crippen LogP contribution is -2.50. The highest BCUT2D eigenvalue weighted by molar-refractivity contribution is 5.78. The van der Waals surface area contributed by atoms with Crippen LogP contribution in [0.3, 0.4) is 0 Å². The molecule has 1 fully saturated rings. The van der Waals surface area contributed by atoms with Crippen LogP contribution in [0.4, 0.5) is 4.39 Å². The number of morpholine rings is 1. The second kappa shape index (κ2) is 8.53.